The molecule has 0 saturated carbocycles. The molecule has 0 aromatic heterocycles. The van der Waals surface area contributed by atoms with Gasteiger partial charge in [0, 0.05) is 0 Å². The van der Waals surface area contributed by atoms with Crippen LogP contribution >= 0.6 is 0 Å². The van der Waals surface area contributed by atoms with Crippen LogP contribution in [0, 0.1) is 17.3 Å². The van der Waals surface area contributed by atoms with Crippen LogP contribution in [-0.2, 0) is 0 Å². The molecule has 0 nitrogen and oxygen atoms in total. The van der Waals surface area contributed by atoms with Gasteiger partial charge < -0.3 is 0 Å². The summed E-state index contributed by atoms with van der Waals surface area (Å²) in [6, 6.07) is 0. The van der Waals surface area contributed by atoms with Gasteiger partial charge in [0.1, 0.15) is 0 Å². The summed E-state index contributed by atoms with van der Waals surface area (Å²) in [6.07, 6.45) is -16.7. The van der Waals surface area contributed by atoms with Crippen LogP contribution in [0.15, 0.2) is 0 Å². The second-order valence-electron chi connectivity index (χ2n) is 4.60. The molecule has 0 spiro atoms. The van der Waals surface area contributed by atoms with Crippen LogP contribution in [0.5, 0.6) is 0 Å². The Morgan fingerprint density at radius 1 is 0.611 bits per heavy atom. The minimum atomic E-state index is -5.79. The topological polar surface area (TPSA) is 0 Å². The fraction of sp³-hybridized carbons (Fsp3) is 1.00. The van der Waals surface area contributed by atoms with Gasteiger partial charge in [0.2, 0.25) is 0 Å². The second-order valence-corrected chi connectivity index (χ2v) is 4.60. The summed E-state index contributed by atoms with van der Waals surface area (Å²) in [6.45, 7) is 0.943. The number of hydrogen-bond acceptors (Lipinski definition) is 0. The predicted molar refractivity (Wildman–Crippen MR) is 44.6 cm³/mol. The van der Waals surface area contributed by atoms with Gasteiger partial charge >= 0.3 is 18.5 Å². The molecule has 0 amide bonds. The molecule has 0 rings (SSSR count). The first kappa shape index (κ1) is 17.4. The van der Waals surface area contributed by atoms with E-state index in [2.05, 4.69) is 0 Å². The Morgan fingerprint density at radius 3 is 1.06 bits per heavy atom. The van der Waals surface area contributed by atoms with Crippen molar-refractivity contribution in [2.45, 2.75) is 39.3 Å². The summed E-state index contributed by atoms with van der Waals surface area (Å²) in [4.78, 5) is 0. The van der Waals surface area contributed by atoms with Gasteiger partial charge in [-0.1, -0.05) is 20.8 Å². The van der Waals surface area contributed by atoms with Crippen LogP contribution in [0.3, 0.4) is 0 Å². The van der Waals surface area contributed by atoms with Crippen LogP contribution in [0.2, 0.25) is 0 Å². The van der Waals surface area contributed by atoms with Crippen molar-refractivity contribution < 1.29 is 39.5 Å². The highest BCUT2D eigenvalue weighted by Gasteiger charge is 2.67. The molecule has 0 N–H and O–H groups in total. The number of rotatable bonds is 2. The van der Waals surface area contributed by atoms with Gasteiger partial charge in [0.05, 0.1) is 5.92 Å². The third-order valence-corrected chi connectivity index (χ3v) is 3.01. The number of alkyl halides is 9. The molecule has 0 heterocycles. The summed E-state index contributed by atoms with van der Waals surface area (Å²) in [7, 11) is 0. The summed E-state index contributed by atoms with van der Waals surface area (Å²) < 4.78 is 111. The van der Waals surface area contributed by atoms with Gasteiger partial charge in [-0.2, -0.15) is 39.5 Å². The van der Waals surface area contributed by atoms with Crippen molar-refractivity contribution in [3.8, 4) is 0 Å². The van der Waals surface area contributed by atoms with Crippen molar-refractivity contribution in [2.24, 2.45) is 17.3 Å². The molecule has 9 heteroatoms. The molecule has 1 atom stereocenters. The largest absolute Gasteiger partial charge is 0.401 e. The first-order valence-corrected chi connectivity index (χ1v) is 4.72. The fourth-order valence-electron chi connectivity index (χ4n) is 1.70. The zero-order chi connectivity index (χ0) is 15.2. The van der Waals surface area contributed by atoms with Gasteiger partial charge in [0.25, 0.3) is 0 Å². The smallest absolute Gasteiger partial charge is 0.171 e. The molecule has 0 aromatic carbocycles. The average Bonchev–Trinajstić information content (AvgIpc) is 1.93. The lowest BCUT2D eigenvalue weighted by atomic mass is 9.69. The Kier molecular flexibility index (Phi) is 4.33. The molecular formula is C9H11F9. The van der Waals surface area contributed by atoms with E-state index in [-0.39, 0.29) is 0 Å². The monoisotopic (exact) mass is 290 g/mol. The van der Waals surface area contributed by atoms with Crippen molar-refractivity contribution >= 4 is 0 Å². The maximum absolute atomic E-state index is 12.4. The Labute approximate surface area is 97.1 Å². The van der Waals surface area contributed by atoms with E-state index < -0.39 is 35.8 Å². The molecule has 0 bridgehead atoms. The Morgan fingerprint density at radius 2 is 0.889 bits per heavy atom. The zero-order valence-corrected chi connectivity index (χ0v) is 9.56. The van der Waals surface area contributed by atoms with Crippen LogP contribution in [-0.4, -0.2) is 18.5 Å². The molecular weight excluding hydrogens is 279 g/mol. The molecule has 110 valence electrons. The molecule has 0 aliphatic carbocycles. The van der Waals surface area contributed by atoms with E-state index in [9.17, 15) is 39.5 Å². The molecule has 0 radical (unpaired) electrons. The molecule has 0 aliphatic heterocycles. The van der Waals surface area contributed by atoms with E-state index in [0.29, 0.717) is 20.8 Å². The van der Waals surface area contributed by atoms with Gasteiger partial charge in [0.15, 0.2) is 5.92 Å². The molecule has 0 saturated heterocycles. The van der Waals surface area contributed by atoms with Crippen LogP contribution in [0.1, 0.15) is 20.8 Å². The molecule has 18 heavy (non-hydrogen) atoms. The van der Waals surface area contributed by atoms with E-state index in [1.54, 1.807) is 0 Å². The third kappa shape index (κ3) is 3.68. The standard InChI is InChI=1S/C9H11F9/c1-4(7(10,11)12)6(2,3)5(8(13,14)15)9(16,17)18/h4-5H,1-3H3. The van der Waals surface area contributed by atoms with Crippen molar-refractivity contribution in [2.75, 3.05) is 0 Å². The van der Waals surface area contributed by atoms with Crippen molar-refractivity contribution in [1.82, 2.24) is 0 Å². The normalized spacial score (nSPS) is 17.2. The maximum Gasteiger partial charge on any atom is 0.401 e. The Balaban J connectivity index is 5.64. The average molecular weight is 290 g/mol. The van der Waals surface area contributed by atoms with Crippen molar-refractivity contribution in [3.05, 3.63) is 0 Å². The van der Waals surface area contributed by atoms with E-state index in [4.69, 9.17) is 0 Å². The lowest BCUT2D eigenvalue weighted by molar-refractivity contribution is -0.332. The summed E-state index contributed by atoms with van der Waals surface area (Å²) in [5, 5.41) is 0. The van der Waals surface area contributed by atoms with Gasteiger partial charge in [-0.15, -0.1) is 0 Å². The maximum atomic E-state index is 12.4. The second kappa shape index (κ2) is 4.48. The zero-order valence-electron chi connectivity index (χ0n) is 9.56. The predicted octanol–water partition coefficient (Wildman–Crippen LogP) is 4.95. The lowest BCUT2D eigenvalue weighted by Crippen LogP contribution is -2.52. The van der Waals surface area contributed by atoms with Gasteiger partial charge in [-0.25, -0.2) is 0 Å². The highest BCUT2D eigenvalue weighted by molar-refractivity contribution is 4.93. The first-order valence-electron chi connectivity index (χ1n) is 4.72. The fourth-order valence-corrected chi connectivity index (χ4v) is 1.70. The molecule has 0 fully saturated rings. The summed E-state index contributed by atoms with van der Waals surface area (Å²) in [5.74, 6) is -6.78. The minimum Gasteiger partial charge on any atom is -0.171 e. The van der Waals surface area contributed by atoms with E-state index in [1.165, 1.54) is 0 Å². The Bertz CT molecular complexity index is 266. The molecule has 1 unspecified atom stereocenters. The highest BCUT2D eigenvalue weighted by atomic mass is 19.4. The van der Waals surface area contributed by atoms with E-state index in [0.717, 1.165) is 0 Å². The Hall–Kier alpha value is -0.630. The van der Waals surface area contributed by atoms with Crippen molar-refractivity contribution in [1.29, 1.82) is 0 Å². The third-order valence-electron chi connectivity index (χ3n) is 3.01. The number of hydrogen-bond donors (Lipinski definition) is 0. The lowest BCUT2D eigenvalue weighted by Gasteiger charge is -2.41. The molecule has 0 aliphatic rings. The van der Waals surface area contributed by atoms with Crippen LogP contribution < -0.4 is 0 Å². The summed E-state index contributed by atoms with van der Waals surface area (Å²) in [5.41, 5.74) is -3.05. The summed E-state index contributed by atoms with van der Waals surface area (Å²) >= 11 is 0. The quantitative estimate of drug-likeness (QED) is 0.631. The molecule has 0 aromatic rings. The van der Waals surface area contributed by atoms with Crippen molar-refractivity contribution in [3.63, 3.8) is 0 Å². The van der Waals surface area contributed by atoms with Gasteiger partial charge in [-0.3, -0.25) is 0 Å². The minimum absolute atomic E-state index is 0.310. The SMILES string of the molecule is CC(C(F)(F)F)C(C)(C)C(C(F)(F)F)C(F)(F)F. The van der Waals surface area contributed by atoms with Crippen LogP contribution in [0.25, 0.3) is 0 Å². The van der Waals surface area contributed by atoms with Gasteiger partial charge in [-0.05, 0) is 5.41 Å². The van der Waals surface area contributed by atoms with E-state index >= 15 is 0 Å². The van der Waals surface area contributed by atoms with E-state index in [1.807, 2.05) is 0 Å². The first-order chi connectivity index (χ1) is 7.52. The highest BCUT2D eigenvalue weighted by Crippen LogP contribution is 2.55. The number of halogens is 9. The van der Waals surface area contributed by atoms with Crippen LogP contribution in [0.4, 0.5) is 39.5 Å².